The van der Waals surface area contributed by atoms with Crippen LogP contribution in [0.2, 0.25) is 0 Å². The first-order valence-electron chi connectivity index (χ1n) is 4.36. The molecule has 0 aliphatic carbocycles. The van der Waals surface area contributed by atoms with Crippen molar-refractivity contribution in [3.8, 4) is 0 Å². The minimum Gasteiger partial charge on any atom is -0.241 e. The topological polar surface area (TPSA) is 25.8 Å². The van der Waals surface area contributed by atoms with Crippen LogP contribution in [0, 0.1) is 6.92 Å². The van der Waals surface area contributed by atoms with Crippen LogP contribution >= 0.6 is 0 Å². The van der Waals surface area contributed by atoms with Crippen LogP contribution in [0.15, 0.2) is 19.5 Å². The second-order valence-corrected chi connectivity index (χ2v) is 2.17. The van der Waals surface area contributed by atoms with Crippen molar-refractivity contribution in [1.82, 2.24) is 9.97 Å². The Morgan fingerprint density at radius 1 is 1.15 bits per heavy atom. The molecule has 0 radical (unpaired) electrons. The smallest absolute Gasteiger partial charge is 0.116 e. The standard InChI is InChI=1S/C9H10N2.C2H6/c1-4-8-7(3)10-6-11-9(8)5-2;1-2/h4-6H,1-2H2,3H3;1-2H3. The molecule has 0 saturated heterocycles. The average molecular weight is 176 g/mol. The predicted molar refractivity (Wildman–Crippen MR) is 58.3 cm³/mol. The minimum atomic E-state index is 0.840. The highest BCUT2D eigenvalue weighted by atomic mass is 14.8. The van der Waals surface area contributed by atoms with Gasteiger partial charge in [0.2, 0.25) is 0 Å². The monoisotopic (exact) mass is 176 g/mol. The summed E-state index contributed by atoms with van der Waals surface area (Å²) in [5.41, 5.74) is 2.74. The lowest BCUT2D eigenvalue weighted by atomic mass is 10.1. The molecule has 0 aliphatic heterocycles. The summed E-state index contributed by atoms with van der Waals surface area (Å²) >= 11 is 0. The highest BCUT2D eigenvalue weighted by Gasteiger charge is 1.99. The Balaban J connectivity index is 0.000000671. The van der Waals surface area contributed by atoms with E-state index in [1.54, 1.807) is 12.2 Å². The molecule has 0 aliphatic rings. The van der Waals surface area contributed by atoms with Crippen molar-refractivity contribution < 1.29 is 0 Å². The molecule has 0 fully saturated rings. The van der Waals surface area contributed by atoms with Gasteiger partial charge in [-0.05, 0) is 13.0 Å². The first kappa shape index (κ1) is 11.6. The van der Waals surface area contributed by atoms with Gasteiger partial charge in [-0.2, -0.15) is 0 Å². The summed E-state index contributed by atoms with van der Waals surface area (Å²) in [7, 11) is 0. The quantitative estimate of drug-likeness (QED) is 0.692. The second-order valence-electron chi connectivity index (χ2n) is 2.17. The van der Waals surface area contributed by atoms with Gasteiger partial charge in [0, 0.05) is 11.3 Å². The number of hydrogen-bond acceptors (Lipinski definition) is 2. The Hall–Kier alpha value is -1.44. The zero-order chi connectivity index (χ0) is 10.3. The second kappa shape index (κ2) is 6.12. The molecule has 1 aromatic heterocycles. The Labute approximate surface area is 80.1 Å². The molecule has 0 spiro atoms. The van der Waals surface area contributed by atoms with Gasteiger partial charge >= 0.3 is 0 Å². The maximum atomic E-state index is 4.03. The maximum Gasteiger partial charge on any atom is 0.116 e. The molecule has 0 aromatic carbocycles. The SMILES string of the molecule is C=Cc1ncnc(C)c1C=C.CC. The van der Waals surface area contributed by atoms with Crippen molar-refractivity contribution in [2.75, 3.05) is 0 Å². The van der Waals surface area contributed by atoms with E-state index in [9.17, 15) is 0 Å². The first-order valence-corrected chi connectivity index (χ1v) is 4.36. The van der Waals surface area contributed by atoms with E-state index in [0.717, 1.165) is 17.0 Å². The van der Waals surface area contributed by atoms with Gasteiger partial charge in [-0.1, -0.05) is 33.1 Å². The van der Waals surface area contributed by atoms with E-state index < -0.39 is 0 Å². The molecule has 1 heterocycles. The van der Waals surface area contributed by atoms with Crippen LogP contribution in [0.4, 0.5) is 0 Å². The van der Waals surface area contributed by atoms with Crippen LogP contribution in [-0.4, -0.2) is 9.97 Å². The Bertz CT molecular complexity index is 290. The molecule has 0 saturated carbocycles. The van der Waals surface area contributed by atoms with Gasteiger partial charge in [0.1, 0.15) is 6.33 Å². The number of nitrogens with zero attached hydrogens (tertiary/aromatic N) is 2. The highest BCUT2D eigenvalue weighted by Crippen LogP contribution is 2.10. The van der Waals surface area contributed by atoms with E-state index in [0.29, 0.717) is 0 Å². The molecule has 13 heavy (non-hydrogen) atoms. The predicted octanol–water partition coefficient (Wildman–Crippen LogP) is 3.10. The lowest BCUT2D eigenvalue weighted by Crippen LogP contribution is -1.92. The van der Waals surface area contributed by atoms with Gasteiger partial charge in [-0.25, -0.2) is 9.97 Å². The fourth-order valence-electron chi connectivity index (χ4n) is 0.917. The summed E-state index contributed by atoms with van der Waals surface area (Å²) in [6.07, 6.45) is 4.97. The lowest BCUT2D eigenvalue weighted by Gasteiger charge is -2.00. The van der Waals surface area contributed by atoms with Crippen molar-refractivity contribution in [2.45, 2.75) is 20.8 Å². The van der Waals surface area contributed by atoms with E-state index in [1.807, 2.05) is 20.8 Å². The van der Waals surface area contributed by atoms with Crippen molar-refractivity contribution in [2.24, 2.45) is 0 Å². The van der Waals surface area contributed by atoms with Crippen LogP contribution in [0.3, 0.4) is 0 Å². The summed E-state index contributed by atoms with van der Waals surface area (Å²) < 4.78 is 0. The minimum absolute atomic E-state index is 0.840. The maximum absolute atomic E-state index is 4.03. The van der Waals surface area contributed by atoms with E-state index in [4.69, 9.17) is 0 Å². The molecule has 0 unspecified atom stereocenters. The van der Waals surface area contributed by atoms with Crippen LogP contribution in [0.5, 0.6) is 0 Å². The number of rotatable bonds is 2. The number of aromatic nitrogens is 2. The van der Waals surface area contributed by atoms with Crippen LogP contribution in [0.1, 0.15) is 30.8 Å². The fourth-order valence-corrected chi connectivity index (χ4v) is 0.917. The van der Waals surface area contributed by atoms with Crippen molar-refractivity contribution in [1.29, 1.82) is 0 Å². The molecular formula is C11H16N2. The normalized spacial score (nSPS) is 8.23. The molecule has 2 nitrogen and oxygen atoms in total. The van der Waals surface area contributed by atoms with Crippen LogP contribution in [0.25, 0.3) is 12.2 Å². The van der Waals surface area contributed by atoms with Gasteiger partial charge in [0.25, 0.3) is 0 Å². The molecule has 1 rings (SSSR count). The summed E-state index contributed by atoms with van der Waals surface area (Å²) in [5, 5.41) is 0. The molecule has 0 atom stereocenters. The average Bonchev–Trinajstić information content (AvgIpc) is 2.20. The third-order valence-electron chi connectivity index (χ3n) is 1.51. The van der Waals surface area contributed by atoms with Crippen LogP contribution in [-0.2, 0) is 0 Å². The summed E-state index contributed by atoms with van der Waals surface area (Å²) in [6.45, 7) is 13.2. The van der Waals surface area contributed by atoms with Gasteiger partial charge in [0.05, 0.1) is 5.69 Å². The zero-order valence-corrected chi connectivity index (χ0v) is 8.54. The molecule has 0 bridgehead atoms. The van der Waals surface area contributed by atoms with E-state index in [-0.39, 0.29) is 0 Å². The van der Waals surface area contributed by atoms with Gasteiger partial charge < -0.3 is 0 Å². The fraction of sp³-hybridized carbons (Fsp3) is 0.273. The van der Waals surface area contributed by atoms with E-state index in [1.165, 1.54) is 6.33 Å². The molecular weight excluding hydrogens is 160 g/mol. The number of aryl methyl sites for hydroxylation is 1. The van der Waals surface area contributed by atoms with Crippen molar-refractivity contribution in [3.63, 3.8) is 0 Å². The lowest BCUT2D eigenvalue weighted by molar-refractivity contribution is 1.08. The number of hydrogen-bond donors (Lipinski definition) is 0. The first-order chi connectivity index (χ1) is 6.29. The van der Waals surface area contributed by atoms with E-state index in [2.05, 4.69) is 23.1 Å². The molecule has 70 valence electrons. The summed E-state index contributed by atoms with van der Waals surface area (Å²) in [5.74, 6) is 0. The summed E-state index contributed by atoms with van der Waals surface area (Å²) in [6, 6.07) is 0. The third-order valence-corrected chi connectivity index (χ3v) is 1.51. The van der Waals surface area contributed by atoms with Crippen molar-refractivity contribution >= 4 is 12.2 Å². The molecule has 2 heteroatoms. The Morgan fingerprint density at radius 3 is 2.15 bits per heavy atom. The Morgan fingerprint density at radius 2 is 1.77 bits per heavy atom. The largest absolute Gasteiger partial charge is 0.241 e. The summed E-state index contributed by atoms with van der Waals surface area (Å²) in [4.78, 5) is 8.06. The highest BCUT2D eigenvalue weighted by molar-refractivity contribution is 5.61. The Kier molecular flexibility index (Phi) is 5.44. The van der Waals surface area contributed by atoms with Crippen LogP contribution < -0.4 is 0 Å². The molecule has 0 amide bonds. The van der Waals surface area contributed by atoms with Gasteiger partial charge in [-0.3, -0.25) is 0 Å². The molecule has 0 N–H and O–H groups in total. The van der Waals surface area contributed by atoms with E-state index >= 15 is 0 Å². The molecule has 1 aromatic rings. The third kappa shape index (κ3) is 2.82. The van der Waals surface area contributed by atoms with Gasteiger partial charge in [-0.15, -0.1) is 0 Å². The van der Waals surface area contributed by atoms with Gasteiger partial charge in [0.15, 0.2) is 0 Å². The zero-order valence-electron chi connectivity index (χ0n) is 8.54. The van der Waals surface area contributed by atoms with Crippen molar-refractivity contribution in [3.05, 3.63) is 36.4 Å².